The number of carbonyl (C=O) groups is 1. The van der Waals surface area contributed by atoms with Crippen LogP contribution in [0.15, 0.2) is 28.7 Å². The van der Waals surface area contributed by atoms with E-state index in [1.54, 1.807) is 0 Å². The summed E-state index contributed by atoms with van der Waals surface area (Å²) in [4.78, 5) is 14.3. The quantitative estimate of drug-likeness (QED) is 0.870. The molecule has 1 unspecified atom stereocenters. The number of amides is 1. The number of halogens is 1. The van der Waals surface area contributed by atoms with Gasteiger partial charge in [0.2, 0.25) is 5.91 Å². The van der Waals surface area contributed by atoms with Gasteiger partial charge in [-0.2, -0.15) is 0 Å². The van der Waals surface area contributed by atoms with Gasteiger partial charge in [-0.15, -0.1) is 0 Å². The van der Waals surface area contributed by atoms with Crippen LogP contribution >= 0.6 is 15.9 Å². The fraction of sp³-hybridized carbons (Fsp3) is 0.500. The minimum atomic E-state index is -0.309. The fourth-order valence-electron chi connectivity index (χ4n) is 2.37. The van der Waals surface area contributed by atoms with E-state index >= 15 is 0 Å². The maximum atomic E-state index is 12.2. The highest BCUT2D eigenvalue weighted by Crippen LogP contribution is 2.28. The summed E-state index contributed by atoms with van der Waals surface area (Å²) in [5.74, 6) is 0.00745. The Morgan fingerprint density at radius 1 is 1.53 bits per heavy atom. The summed E-state index contributed by atoms with van der Waals surface area (Å²) in [7, 11) is 0. The van der Waals surface area contributed by atoms with Crippen molar-refractivity contribution < 1.29 is 4.79 Å². The number of hydrogen-bond acceptors (Lipinski definition) is 3. The molecular formula is C14H20BrN3O. The third-order valence-corrected chi connectivity index (χ3v) is 3.87. The van der Waals surface area contributed by atoms with Gasteiger partial charge in [-0.25, -0.2) is 0 Å². The summed E-state index contributed by atoms with van der Waals surface area (Å²) in [5, 5.41) is 2.98. The van der Waals surface area contributed by atoms with Crippen LogP contribution in [0.25, 0.3) is 0 Å². The highest BCUT2D eigenvalue weighted by atomic mass is 79.9. The van der Waals surface area contributed by atoms with E-state index in [-0.39, 0.29) is 17.4 Å². The molecular weight excluding hydrogens is 306 g/mol. The first-order chi connectivity index (χ1) is 8.93. The molecule has 2 rings (SSSR count). The summed E-state index contributed by atoms with van der Waals surface area (Å²) in [6.45, 7) is 6.08. The minimum Gasteiger partial charge on any atom is -0.358 e. The van der Waals surface area contributed by atoms with Crippen molar-refractivity contribution in [2.24, 2.45) is 11.1 Å². The smallest absolute Gasteiger partial charge is 0.244 e. The number of nitrogens with one attached hydrogen (secondary N) is 1. The van der Waals surface area contributed by atoms with E-state index in [4.69, 9.17) is 5.73 Å². The van der Waals surface area contributed by atoms with Gasteiger partial charge in [0.25, 0.3) is 0 Å². The number of nitrogens with zero attached hydrogens (tertiary/aromatic N) is 1. The van der Waals surface area contributed by atoms with Gasteiger partial charge >= 0.3 is 0 Å². The van der Waals surface area contributed by atoms with Crippen molar-refractivity contribution in [2.45, 2.75) is 19.9 Å². The van der Waals surface area contributed by atoms with E-state index in [2.05, 4.69) is 40.0 Å². The van der Waals surface area contributed by atoms with Gasteiger partial charge in [-0.1, -0.05) is 35.8 Å². The van der Waals surface area contributed by atoms with Gasteiger partial charge in [-0.05, 0) is 23.6 Å². The zero-order valence-electron chi connectivity index (χ0n) is 11.3. The Kier molecular flexibility index (Phi) is 4.16. The van der Waals surface area contributed by atoms with E-state index in [1.807, 2.05) is 24.3 Å². The lowest BCUT2D eigenvalue weighted by Gasteiger charge is -2.34. The second-order valence-corrected chi connectivity index (χ2v) is 6.66. The molecule has 19 heavy (non-hydrogen) atoms. The van der Waals surface area contributed by atoms with Gasteiger partial charge in [0, 0.05) is 29.8 Å². The van der Waals surface area contributed by atoms with Crippen molar-refractivity contribution in [1.29, 1.82) is 0 Å². The predicted octanol–water partition coefficient (Wildman–Crippen LogP) is 1.74. The normalized spacial score (nSPS) is 22.8. The number of nitrogens with two attached hydrogens (primary N) is 1. The van der Waals surface area contributed by atoms with Crippen LogP contribution in [0.5, 0.6) is 0 Å². The van der Waals surface area contributed by atoms with Crippen LogP contribution in [0.1, 0.15) is 13.8 Å². The third kappa shape index (κ3) is 3.28. The van der Waals surface area contributed by atoms with Gasteiger partial charge in [0.1, 0.15) is 6.04 Å². The second kappa shape index (κ2) is 5.51. The van der Waals surface area contributed by atoms with Crippen LogP contribution in [0.2, 0.25) is 0 Å². The highest BCUT2D eigenvalue weighted by Gasteiger charge is 2.34. The molecule has 1 aromatic carbocycles. The molecule has 1 atom stereocenters. The standard InChI is InChI=1S/C14H20BrN3O/c1-14(2)8-17-13(19)12(7-16)18(9-14)11-5-3-4-10(15)6-11/h3-6,12H,7-9,16H2,1-2H3,(H,17,19). The third-order valence-electron chi connectivity index (χ3n) is 3.38. The van der Waals surface area contributed by atoms with Crippen LogP contribution in [0.3, 0.4) is 0 Å². The lowest BCUT2D eigenvalue weighted by Crippen LogP contribution is -2.49. The van der Waals surface area contributed by atoms with E-state index < -0.39 is 0 Å². The van der Waals surface area contributed by atoms with E-state index in [9.17, 15) is 4.79 Å². The minimum absolute atomic E-state index is 0.00745. The molecule has 1 fully saturated rings. The molecule has 1 aromatic rings. The Hall–Kier alpha value is -1.07. The first-order valence-electron chi connectivity index (χ1n) is 6.43. The van der Waals surface area contributed by atoms with Crippen molar-refractivity contribution in [1.82, 2.24) is 5.32 Å². The summed E-state index contributed by atoms with van der Waals surface area (Å²) in [6.07, 6.45) is 0. The molecule has 5 heteroatoms. The first kappa shape index (κ1) is 14.3. The summed E-state index contributed by atoms with van der Waals surface area (Å²) in [6, 6.07) is 7.68. The van der Waals surface area contributed by atoms with Crippen molar-refractivity contribution in [3.63, 3.8) is 0 Å². The van der Waals surface area contributed by atoms with E-state index in [0.29, 0.717) is 13.1 Å². The molecule has 0 saturated carbocycles. The summed E-state index contributed by atoms with van der Waals surface area (Å²) in [5.41, 5.74) is 6.84. The number of hydrogen-bond donors (Lipinski definition) is 2. The topological polar surface area (TPSA) is 58.4 Å². The van der Waals surface area contributed by atoms with Crippen molar-refractivity contribution >= 4 is 27.5 Å². The lowest BCUT2D eigenvalue weighted by atomic mass is 9.93. The Balaban J connectivity index is 2.39. The molecule has 0 aromatic heterocycles. The SMILES string of the molecule is CC1(C)CNC(=O)C(CN)N(c2cccc(Br)c2)C1. The van der Waals surface area contributed by atoms with Crippen LogP contribution in [0, 0.1) is 5.41 Å². The summed E-state index contributed by atoms with van der Waals surface area (Å²) >= 11 is 3.48. The van der Waals surface area contributed by atoms with Gasteiger partial charge in [-0.3, -0.25) is 4.79 Å². The van der Waals surface area contributed by atoms with Crippen molar-refractivity contribution in [3.05, 3.63) is 28.7 Å². The average molecular weight is 326 g/mol. The predicted molar refractivity (Wildman–Crippen MR) is 81.1 cm³/mol. The number of benzene rings is 1. The Labute approximate surface area is 122 Å². The first-order valence-corrected chi connectivity index (χ1v) is 7.22. The molecule has 0 aliphatic carbocycles. The maximum Gasteiger partial charge on any atom is 0.244 e. The van der Waals surface area contributed by atoms with E-state index in [1.165, 1.54) is 0 Å². The van der Waals surface area contributed by atoms with Gasteiger partial charge in [0.05, 0.1) is 0 Å². The molecule has 0 spiro atoms. The highest BCUT2D eigenvalue weighted by molar-refractivity contribution is 9.10. The molecule has 1 heterocycles. The largest absolute Gasteiger partial charge is 0.358 e. The molecule has 1 aliphatic heterocycles. The van der Waals surface area contributed by atoms with Crippen LogP contribution in [0.4, 0.5) is 5.69 Å². The molecule has 0 radical (unpaired) electrons. The Morgan fingerprint density at radius 3 is 2.89 bits per heavy atom. The number of anilines is 1. The molecule has 3 N–H and O–H groups in total. The molecule has 0 bridgehead atoms. The zero-order chi connectivity index (χ0) is 14.0. The molecule has 4 nitrogen and oxygen atoms in total. The molecule has 104 valence electrons. The lowest BCUT2D eigenvalue weighted by molar-refractivity contribution is -0.121. The fourth-order valence-corrected chi connectivity index (χ4v) is 2.76. The van der Waals surface area contributed by atoms with Crippen LogP contribution in [-0.2, 0) is 4.79 Å². The molecule has 1 aliphatic rings. The molecule has 1 saturated heterocycles. The van der Waals surface area contributed by atoms with Crippen molar-refractivity contribution in [3.8, 4) is 0 Å². The number of carbonyl (C=O) groups excluding carboxylic acids is 1. The molecule has 1 amide bonds. The zero-order valence-corrected chi connectivity index (χ0v) is 12.9. The second-order valence-electron chi connectivity index (χ2n) is 5.74. The van der Waals surface area contributed by atoms with Crippen LogP contribution < -0.4 is 16.0 Å². The Morgan fingerprint density at radius 2 is 2.26 bits per heavy atom. The van der Waals surface area contributed by atoms with E-state index in [0.717, 1.165) is 16.7 Å². The van der Waals surface area contributed by atoms with Crippen molar-refractivity contribution in [2.75, 3.05) is 24.5 Å². The summed E-state index contributed by atoms with van der Waals surface area (Å²) < 4.78 is 1.00. The van der Waals surface area contributed by atoms with Gasteiger partial charge in [0.15, 0.2) is 0 Å². The maximum absolute atomic E-state index is 12.2. The monoisotopic (exact) mass is 325 g/mol. The van der Waals surface area contributed by atoms with Gasteiger partial charge < -0.3 is 16.0 Å². The Bertz CT molecular complexity index is 476. The van der Waals surface area contributed by atoms with Crippen LogP contribution in [-0.4, -0.2) is 31.6 Å². The average Bonchev–Trinajstić information content (AvgIpc) is 2.47. The number of rotatable bonds is 2.